The number of halogens is 1. The lowest BCUT2D eigenvalue weighted by Gasteiger charge is -2.10. The smallest absolute Gasteiger partial charge is 0.0678 e. The second-order valence-corrected chi connectivity index (χ2v) is 4.57. The van der Waals surface area contributed by atoms with Gasteiger partial charge in [-0.3, -0.25) is 0 Å². The first-order valence-corrected chi connectivity index (χ1v) is 6.40. The minimum absolute atomic E-state index is 0.522. The summed E-state index contributed by atoms with van der Waals surface area (Å²) in [5, 5.41) is 4.45. The Labute approximate surface area is 107 Å². The zero-order chi connectivity index (χ0) is 12.4. The summed E-state index contributed by atoms with van der Waals surface area (Å²) in [6.07, 6.45) is 2.81. The number of aryl methyl sites for hydroxylation is 2. The van der Waals surface area contributed by atoms with Gasteiger partial charge in [-0.1, -0.05) is 24.6 Å². The molecule has 0 aliphatic rings. The minimum atomic E-state index is 0.522. The van der Waals surface area contributed by atoms with Gasteiger partial charge in [-0.25, -0.2) is 4.68 Å². The van der Waals surface area contributed by atoms with Crippen molar-refractivity contribution in [3.05, 3.63) is 46.8 Å². The van der Waals surface area contributed by atoms with Crippen molar-refractivity contribution in [1.29, 1.82) is 0 Å². The lowest BCUT2D eigenvalue weighted by molar-refractivity contribution is 0.805. The van der Waals surface area contributed by atoms with Gasteiger partial charge in [-0.2, -0.15) is 5.10 Å². The van der Waals surface area contributed by atoms with E-state index < -0.39 is 0 Å². The molecule has 0 aliphatic heterocycles. The summed E-state index contributed by atoms with van der Waals surface area (Å²) >= 11 is 5.92. The third-order valence-electron chi connectivity index (χ3n) is 3.01. The summed E-state index contributed by atoms with van der Waals surface area (Å²) in [6, 6.07) is 6.41. The van der Waals surface area contributed by atoms with Gasteiger partial charge in [-0.15, -0.1) is 11.6 Å². The van der Waals surface area contributed by atoms with Crippen LogP contribution in [-0.4, -0.2) is 9.78 Å². The number of alkyl halides is 1. The van der Waals surface area contributed by atoms with Crippen LogP contribution in [0.1, 0.15) is 29.3 Å². The van der Waals surface area contributed by atoms with Gasteiger partial charge >= 0.3 is 0 Å². The topological polar surface area (TPSA) is 17.8 Å². The van der Waals surface area contributed by atoms with Crippen molar-refractivity contribution in [1.82, 2.24) is 9.78 Å². The Morgan fingerprint density at radius 3 is 2.65 bits per heavy atom. The van der Waals surface area contributed by atoms with Crippen molar-refractivity contribution in [2.24, 2.45) is 0 Å². The zero-order valence-electron chi connectivity index (χ0n) is 10.5. The second kappa shape index (κ2) is 4.92. The molecule has 2 nitrogen and oxygen atoms in total. The molecule has 0 amide bonds. The van der Waals surface area contributed by atoms with Crippen LogP contribution in [-0.2, 0) is 12.3 Å². The first-order valence-electron chi connectivity index (χ1n) is 5.86. The van der Waals surface area contributed by atoms with Crippen LogP contribution in [0.15, 0.2) is 24.4 Å². The molecule has 0 bridgehead atoms. The molecule has 0 saturated carbocycles. The fourth-order valence-corrected chi connectivity index (χ4v) is 2.37. The van der Waals surface area contributed by atoms with Gasteiger partial charge in [0.15, 0.2) is 0 Å². The Hall–Kier alpha value is -1.28. The molecule has 2 rings (SSSR count). The van der Waals surface area contributed by atoms with Crippen molar-refractivity contribution < 1.29 is 0 Å². The Balaban J connectivity index is 2.56. The molecule has 90 valence electrons. The molecule has 2 aromatic rings. The predicted molar refractivity (Wildman–Crippen MR) is 72.0 cm³/mol. The summed E-state index contributed by atoms with van der Waals surface area (Å²) in [4.78, 5) is 0. The average Bonchev–Trinajstić information content (AvgIpc) is 2.71. The first kappa shape index (κ1) is 12.2. The van der Waals surface area contributed by atoms with E-state index in [0.29, 0.717) is 5.88 Å². The van der Waals surface area contributed by atoms with Gasteiger partial charge in [-0.05, 0) is 31.9 Å². The predicted octanol–water partition coefficient (Wildman–Crippen LogP) is 3.79. The standard InChI is InChI=1S/C14H17ClN2/c1-4-13-12(8-15)9-16-17(13)14-6-5-10(2)7-11(14)3/h5-7,9H,4,8H2,1-3H3. The molecule has 0 aliphatic carbocycles. The molecule has 3 heteroatoms. The van der Waals surface area contributed by atoms with E-state index in [2.05, 4.69) is 44.1 Å². The quantitative estimate of drug-likeness (QED) is 0.756. The lowest BCUT2D eigenvalue weighted by Crippen LogP contribution is -2.04. The van der Waals surface area contributed by atoms with Crippen molar-refractivity contribution in [2.75, 3.05) is 0 Å². The van der Waals surface area contributed by atoms with Crippen LogP contribution >= 0.6 is 11.6 Å². The number of rotatable bonds is 3. The normalized spacial score (nSPS) is 10.8. The van der Waals surface area contributed by atoms with Crippen LogP contribution in [0, 0.1) is 13.8 Å². The van der Waals surface area contributed by atoms with E-state index in [-0.39, 0.29) is 0 Å². The highest BCUT2D eigenvalue weighted by Crippen LogP contribution is 2.20. The molecule has 0 saturated heterocycles. The molecule has 0 atom stereocenters. The number of nitrogens with zero attached hydrogens (tertiary/aromatic N) is 2. The number of aromatic nitrogens is 2. The van der Waals surface area contributed by atoms with Gasteiger partial charge in [0.25, 0.3) is 0 Å². The highest BCUT2D eigenvalue weighted by Gasteiger charge is 2.11. The fourth-order valence-electron chi connectivity index (χ4n) is 2.15. The number of hydrogen-bond donors (Lipinski definition) is 0. The van der Waals surface area contributed by atoms with Gasteiger partial charge in [0.1, 0.15) is 0 Å². The average molecular weight is 249 g/mol. The fraction of sp³-hybridized carbons (Fsp3) is 0.357. The maximum atomic E-state index is 5.92. The molecule has 0 unspecified atom stereocenters. The minimum Gasteiger partial charge on any atom is -0.237 e. The third-order valence-corrected chi connectivity index (χ3v) is 3.30. The van der Waals surface area contributed by atoms with Gasteiger partial charge in [0, 0.05) is 11.3 Å². The molecular weight excluding hydrogens is 232 g/mol. The van der Waals surface area contributed by atoms with E-state index in [9.17, 15) is 0 Å². The molecule has 1 aromatic carbocycles. The van der Waals surface area contributed by atoms with E-state index in [4.69, 9.17) is 11.6 Å². The number of hydrogen-bond acceptors (Lipinski definition) is 1. The molecule has 1 heterocycles. The summed E-state index contributed by atoms with van der Waals surface area (Å²) in [5.74, 6) is 0.522. The highest BCUT2D eigenvalue weighted by atomic mass is 35.5. The third kappa shape index (κ3) is 2.22. The van der Waals surface area contributed by atoms with Crippen molar-refractivity contribution in [3.8, 4) is 5.69 Å². The SMILES string of the molecule is CCc1c(CCl)cnn1-c1ccc(C)cc1C. The summed E-state index contributed by atoms with van der Waals surface area (Å²) < 4.78 is 2.01. The first-order chi connectivity index (χ1) is 8.17. The van der Waals surface area contributed by atoms with E-state index >= 15 is 0 Å². The van der Waals surface area contributed by atoms with E-state index in [1.165, 1.54) is 16.8 Å². The van der Waals surface area contributed by atoms with E-state index in [1.54, 1.807) is 0 Å². The van der Waals surface area contributed by atoms with Crippen LogP contribution in [0.5, 0.6) is 0 Å². The molecular formula is C14H17ClN2. The summed E-state index contributed by atoms with van der Waals surface area (Å²) in [6.45, 7) is 6.35. The second-order valence-electron chi connectivity index (χ2n) is 4.31. The molecule has 0 radical (unpaired) electrons. The van der Waals surface area contributed by atoms with Gasteiger partial charge in [0.05, 0.1) is 17.8 Å². The Kier molecular flexibility index (Phi) is 3.53. The Bertz CT molecular complexity index is 529. The molecule has 1 aromatic heterocycles. The molecule has 17 heavy (non-hydrogen) atoms. The Morgan fingerprint density at radius 2 is 2.06 bits per heavy atom. The van der Waals surface area contributed by atoms with Crippen molar-refractivity contribution >= 4 is 11.6 Å². The van der Waals surface area contributed by atoms with Gasteiger partial charge in [0.2, 0.25) is 0 Å². The molecule has 0 spiro atoms. The van der Waals surface area contributed by atoms with Gasteiger partial charge < -0.3 is 0 Å². The number of benzene rings is 1. The summed E-state index contributed by atoms with van der Waals surface area (Å²) in [5.41, 5.74) is 5.97. The van der Waals surface area contributed by atoms with E-state index in [1.807, 2.05) is 10.9 Å². The maximum Gasteiger partial charge on any atom is 0.0678 e. The largest absolute Gasteiger partial charge is 0.237 e. The van der Waals surface area contributed by atoms with Crippen LogP contribution < -0.4 is 0 Å². The van der Waals surface area contributed by atoms with Crippen LogP contribution in [0.3, 0.4) is 0 Å². The maximum absolute atomic E-state index is 5.92. The van der Waals surface area contributed by atoms with Crippen LogP contribution in [0.25, 0.3) is 5.69 Å². The van der Waals surface area contributed by atoms with Crippen LogP contribution in [0.4, 0.5) is 0 Å². The molecule has 0 fully saturated rings. The summed E-state index contributed by atoms with van der Waals surface area (Å²) in [7, 11) is 0. The lowest BCUT2D eigenvalue weighted by atomic mass is 10.1. The van der Waals surface area contributed by atoms with Crippen LogP contribution in [0.2, 0.25) is 0 Å². The van der Waals surface area contributed by atoms with Crippen molar-refractivity contribution in [2.45, 2.75) is 33.1 Å². The zero-order valence-corrected chi connectivity index (χ0v) is 11.3. The van der Waals surface area contributed by atoms with E-state index in [0.717, 1.165) is 17.7 Å². The molecule has 0 N–H and O–H groups in total. The highest BCUT2D eigenvalue weighted by molar-refractivity contribution is 6.17. The van der Waals surface area contributed by atoms with Crippen molar-refractivity contribution in [3.63, 3.8) is 0 Å². The Morgan fingerprint density at radius 1 is 1.29 bits per heavy atom. The monoisotopic (exact) mass is 248 g/mol.